The molecule has 0 saturated heterocycles. The van der Waals surface area contributed by atoms with Crippen LogP contribution >= 0.6 is 36.0 Å². The van der Waals surface area contributed by atoms with E-state index in [4.69, 9.17) is 38.2 Å². The maximum Gasteiger partial charge on any atom is 0.316 e. The van der Waals surface area contributed by atoms with Crippen LogP contribution in [0.2, 0.25) is 10.0 Å². The number of rotatable bonds is 9. The van der Waals surface area contributed by atoms with Gasteiger partial charge in [-0.15, -0.1) is 12.8 Å². The van der Waals surface area contributed by atoms with E-state index in [0.29, 0.717) is 45.7 Å². The smallest absolute Gasteiger partial charge is 0.316 e. The number of carbonyl (C=O) groups excluding carboxylic acids is 1. The first-order valence-electron chi connectivity index (χ1n) is 16.0. The molecule has 2 aromatic heterocycles. The third-order valence-electron chi connectivity index (χ3n) is 9.26. The zero-order valence-corrected chi connectivity index (χ0v) is 28.8. The summed E-state index contributed by atoms with van der Waals surface area (Å²) < 4.78 is 12.0. The minimum Gasteiger partial charge on any atom is -0.373 e. The molecule has 0 spiro atoms. The zero-order valence-electron chi connectivity index (χ0n) is 26.4. The van der Waals surface area contributed by atoms with E-state index in [2.05, 4.69) is 53.3 Å². The van der Waals surface area contributed by atoms with E-state index in [0.717, 1.165) is 59.2 Å². The Morgan fingerprint density at radius 3 is 2.50 bits per heavy atom. The number of primary amides is 1. The molecule has 4 aromatic rings. The fourth-order valence-electron chi connectivity index (χ4n) is 6.30. The monoisotopic (exact) mass is 683 g/mol. The maximum absolute atomic E-state index is 10.9. The molecule has 3 aliphatic carbocycles. The second-order valence-electron chi connectivity index (χ2n) is 12.9. The Bertz CT molecular complexity index is 1640. The fourth-order valence-corrected chi connectivity index (χ4v) is 6.88. The Morgan fingerprint density at radius 1 is 1.11 bits per heavy atom. The van der Waals surface area contributed by atoms with E-state index in [1.807, 2.05) is 42.6 Å². The van der Waals surface area contributed by atoms with Gasteiger partial charge in [-0.25, -0.2) is 4.79 Å². The summed E-state index contributed by atoms with van der Waals surface area (Å²) in [5.41, 5.74) is 11.0. The van der Waals surface area contributed by atoms with Crippen molar-refractivity contribution in [1.29, 1.82) is 0 Å². The lowest BCUT2D eigenvalue weighted by Gasteiger charge is -2.19. The number of nitrogens with zero attached hydrogens (tertiary/aromatic N) is 2. The van der Waals surface area contributed by atoms with Crippen LogP contribution in [0, 0.1) is 11.3 Å². The van der Waals surface area contributed by atoms with Crippen molar-refractivity contribution in [2.45, 2.75) is 90.3 Å². The quantitative estimate of drug-likeness (QED) is 0.130. The lowest BCUT2D eigenvalue weighted by Crippen LogP contribution is -2.19. The molecule has 2 atom stereocenters. The third kappa shape index (κ3) is 8.55. The lowest BCUT2D eigenvalue weighted by atomic mass is 9.99. The number of hydrogen-bond donors (Lipinski definition) is 4. The van der Waals surface area contributed by atoms with Gasteiger partial charge in [-0.05, 0) is 98.2 Å². The molecule has 2 amide bonds. The van der Waals surface area contributed by atoms with Crippen LogP contribution in [0.25, 0.3) is 22.2 Å². The minimum absolute atomic E-state index is 0.335. The number of halogens is 2. The first-order valence-corrected chi connectivity index (χ1v) is 17.3. The van der Waals surface area contributed by atoms with Crippen LogP contribution in [-0.2, 0) is 17.8 Å². The Kier molecular flexibility index (Phi) is 11.5. The number of thiol groups is 1. The zero-order chi connectivity index (χ0) is 32.8. The average molecular weight is 685 g/mol. The molecule has 0 aliphatic heterocycles. The molecule has 0 radical (unpaired) electrons. The Morgan fingerprint density at radius 2 is 1.85 bits per heavy atom. The fraction of sp³-hybridized carbons (Fsp3) is 0.457. The lowest BCUT2D eigenvalue weighted by molar-refractivity contribution is 0.0146. The van der Waals surface area contributed by atoms with Crippen LogP contribution in [0.1, 0.15) is 88.0 Å². The summed E-state index contributed by atoms with van der Waals surface area (Å²) in [4.78, 5) is 15.3. The number of nitrogens with one attached hydrogen (secondary N) is 1. The standard InChI is InChI=1S/C20H23Cl2NO2.C15H17N3O.H3NS/c1-2-12-5-3-8-17(12)24-11-14-19(23-25-20(14)13-9-10-13)18-15(21)6-4-7-16(18)22;1-15(4-5-15)8-10-6-11-7-12(18-14(16)19)2-3-13(11)17-9-10;1-2/h4,6-7,12-13,17H,2-3,5,8-11H2,1H3;2-3,6-7,9H,4-5,8H2,1H3,(H3,16,18,19);2H,1H2. The molecule has 246 valence electrons. The molecule has 2 aromatic carbocycles. The van der Waals surface area contributed by atoms with E-state index in [1.165, 1.54) is 37.7 Å². The number of benzene rings is 2. The van der Waals surface area contributed by atoms with E-state index < -0.39 is 6.03 Å². The van der Waals surface area contributed by atoms with Gasteiger partial charge in [0.05, 0.1) is 28.3 Å². The van der Waals surface area contributed by atoms with Gasteiger partial charge >= 0.3 is 6.03 Å². The van der Waals surface area contributed by atoms with Crippen molar-refractivity contribution in [3.63, 3.8) is 0 Å². The largest absolute Gasteiger partial charge is 0.373 e. The van der Waals surface area contributed by atoms with Crippen LogP contribution in [0.3, 0.4) is 0 Å². The van der Waals surface area contributed by atoms with Crippen molar-refractivity contribution in [1.82, 2.24) is 10.1 Å². The number of ether oxygens (including phenoxy) is 1. The first-order chi connectivity index (χ1) is 22.2. The van der Waals surface area contributed by atoms with E-state index >= 15 is 0 Å². The van der Waals surface area contributed by atoms with Gasteiger partial charge in [0.25, 0.3) is 0 Å². The van der Waals surface area contributed by atoms with E-state index in [-0.39, 0.29) is 0 Å². The van der Waals surface area contributed by atoms with Gasteiger partial charge in [-0.2, -0.15) is 0 Å². The van der Waals surface area contributed by atoms with Gasteiger partial charge in [0, 0.05) is 34.3 Å². The van der Waals surface area contributed by atoms with Crippen LogP contribution in [0.15, 0.2) is 53.2 Å². The summed E-state index contributed by atoms with van der Waals surface area (Å²) in [6.07, 6.45) is 13.1. The van der Waals surface area contributed by atoms with Crippen molar-refractivity contribution in [2.24, 2.45) is 22.2 Å². The molecule has 0 bridgehead atoms. The predicted octanol–water partition coefficient (Wildman–Crippen LogP) is 9.48. The van der Waals surface area contributed by atoms with Gasteiger partial charge in [-0.1, -0.05) is 61.1 Å². The maximum atomic E-state index is 10.9. The van der Waals surface area contributed by atoms with E-state index in [1.54, 1.807) is 0 Å². The molecular weight excluding hydrogens is 641 g/mol. The number of nitrogens with two attached hydrogens (primary N) is 2. The SMILES string of the molecule is CC1(Cc2cnc3ccc(NC(N)=O)cc3c2)CC1.CCC1CCCC1OCc1c(-c2c(Cl)cccc2Cl)noc1C1CC1.NS. The van der Waals surface area contributed by atoms with Crippen molar-refractivity contribution < 1.29 is 14.1 Å². The summed E-state index contributed by atoms with van der Waals surface area (Å²) >= 11 is 15.8. The normalized spacial score (nSPS) is 19.5. The van der Waals surface area contributed by atoms with E-state index in [9.17, 15) is 4.79 Å². The molecule has 46 heavy (non-hydrogen) atoms. The van der Waals surface area contributed by atoms with Crippen molar-refractivity contribution in [3.05, 3.63) is 75.6 Å². The first kappa shape index (κ1) is 34.5. The predicted molar refractivity (Wildman–Crippen MR) is 189 cm³/mol. The molecule has 3 fully saturated rings. The van der Waals surface area contributed by atoms with Crippen LogP contribution in [-0.4, -0.2) is 22.3 Å². The summed E-state index contributed by atoms with van der Waals surface area (Å²) in [5, 5.41) is 13.3. The van der Waals surface area contributed by atoms with Gasteiger partial charge in [-0.3, -0.25) is 10.1 Å². The topological polar surface area (TPSA) is 129 Å². The number of amides is 2. The minimum atomic E-state index is -0.547. The molecular formula is C35H43Cl2N5O3S. The van der Waals surface area contributed by atoms with Crippen molar-refractivity contribution >= 4 is 58.6 Å². The molecule has 3 aliphatic rings. The number of carbonyl (C=O) groups is 1. The number of fused-ring (bicyclic) bond motifs is 1. The second-order valence-corrected chi connectivity index (χ2v) is 13.7. The number of aromatic nitrogens is 2. The Hall–Kier alpha value is -2.82. The van der Waals surface area contributed by atoms with Gasteiger partial charge in [0.1, 0.15) is 11.5 Å². The average Bonchev–Trinajstić information content (AvgIpc) is 3.92. The highest BCUT2D eigenvalue weighted by Crippen LogP contribution is 2.48. The summed E-state index contributed by atoms with van der Waals surface area (Å²) in [6, 6.07) is 12.7. The highest BCUT2D eigenvalue weighted by Gasteiger charge is 2.37. The molecule has 2 unspecified atom stereocenters. The number of pyridine rings is 1. The van der Waals surface area contributed by atoms with Gasteiger partial charge in [0.15, 0.2) is 0 Å². The summed E-state index contributed by atoms with van der Waals surface area (Å²) in [6.45, 7) is 5.08. The number of anilines is 1. The Balaban J connectivity index is 0.000000178. The van der Waals surface area contributed by atoms with Crippen molar-refractivity contribution in [3.8, 4) is 11.3 Å². The summed E-state index contributed by atoms with van der Waals surface area (Å²) in [5.74, 6) is 2.08. The van der Waals surface area contributed by atoms with Crippen LogP contribution in [0.4, 0.5) is 10.5 Å². The molecule has 3 saturated carbocycles. The molecule has 2 heterocycles. The number of urea groups is 1. The second kappa shape index (κ2) is 15.4. The molecule has 11 heteroatoms. The van der Waals surface area contributed by atoms with Crippen molar-refractivity contribution in [2.75, 3.05) is 5.32 Å². The Labute approximate surface area is 286 Å². The number of hydrogen-bond acceptors (Lipinski definition) is 7. The van der Waals surface area contributed by atoms with Crippen LogP contribution in [0.5, 0.6) is 0 Å². The third-order valence-corrected chi connectivity index (χ3v) is 9.89. The molecule has 5 N–H and O–H groups in total. The molecule has 7 rings (SSSR count). The highest BCUT2D eigenvalue weighted by atomic mass is 35.5. The summed E-state index contributed by atoms with van der Waals surface area (Å²) in [7, 11) is 0. The van der Waals surface area contributed by atoms with Gasteiger partial charge < -0.3 is 20.3 Å². The van der Waals surface area contributed by atoms with Gasteiger partial charge in [0.2, 0.25) is 0 Å². The highest BCUT2D eigenvalue weighted by molar-refractivity contribution is 7.77. The van der Waals surface area contributed by atoms with Crippen LogP contribution < -0.4 is 16.2 Å². The molecule has 8 nitrogen and oxygen atoms in total.